The largest absolute Gasteiger partial charge is 0.482 e. The highest BCUT2D eigenvalue weighted by molar-refractivity contribution is 7.10. The molecule has 2 N–H and O–H groups in total. The number of benzene rings is 1. The molecule has 1 heterocycles. The molecule has 5 heteroatoms. The van der Waals surface area contributed by atoms with Gasteiger partial charge in [-0.05, 0) is 42.1 Å². The fraction of sp³-hybridized carbons (Fsp3) is 0.231. The normalized spacial score (nSPS) is 12.4. The molecule has 96 valence electrons. The average molecular weight is 286 g/mol. The molecule has 1 atom stereocenters. The summed E-state index contributed by atoms with van der Waals surface area (Å²) in [7, 11) is 0. The number of hydrogen-bond donors (Lipinski definition) is 1. The predicted molar refractivity (Wildman–Crippen MR) is 72.9 cm³/mol. The van der Waals surface area contributed by atoms with Crippen LogP contribution in [0, 0.1) is 12.7 Å². The lowest BCUT2D eigenvalue weighted by molar-refractivity contribution is 0.217. The number of halogens is 2. The highest BCUT2D eigenvalue weighted by Crippen LogP contribution is 2.32. The second-order valence-corrected chi connectivity index (χ2v) is 5.24. The van der Waals surface area contributed by atoms with Crippen LogP contribution in [0.2, 0.25) is 5.02 Å². The van der Waals surface area contributed by atoms with E-state index in [0.29, 0.717) is 12.3 Å². The van der Waals surface area contributed by atoms with Gasteiger partial charge in [0.15, 0.2) is 0 Å². The molecule has 0 saturated carbocycles. The van der Waals surface area contributed by atoms with Crippen LogP contribution in [0.3, 0.4) is 0 Å². The minimum atomic E-state index is -0.385. The van der Waals surface area contributed by atoms with E-state index in [1.54, 1.807) is 11.3 Å². The van der Waals surface area contributed by atoms with Crippen molar-refractivity contribution in [2.75, 3.05) is 6.54 Å². The van der Waals surface area contributed by atoms with Crippen molar-refractivity contribution in [2.24, 2.45) is 5.73 Å². The van der Waals surface area contributed by atoms with Crippen LogP contribution in [-0.4, -0.2) is 6.54 Å². The van der Waals surface area contributed by atoms with E-state index in [1.807, 2.05) is 18.4 Å². The maximum Gasteiger partial charge on any atom is 0.145 e. The quantitative estimate of drug-likeness (QED) is 0.924. The molecule has 0 aliphatic rings. The second-order valence-electron chi connectivity index (χ2n) is 3.88. The Labute approximate surface area is 114 Å². The van der Waals surface area contributed by atoms with E-state index in [-0.39, 0.29) is 16.9 Å². The summed E-state index contributed by atoms with van der Waals surface area (Å²) in [5.41, 5.74) is 6.86. The molecule has 0 saturated heterocycles. The lowest BCUT2D eigenvalue weighted by Crippen LogP contribution is -2.18. The highest BCUT2D eigenvalue weighted by Gasteiger charge is 2.17. The van der Waals surface area contributed by atoms with E-state index >= 15 is 0 Å². The van der Waals surface area contributed by atoms with Crippen LogP contribution in [0.15, 0.2) is 29.6 Å². The van der Waals surface area contributed by atoms with Crippen molar-refractivity contribution in [1.29, 1.82) is 0 Å². The molecule has 0 spiro atoms. The molecule has 0 fully saturated rings. The first-order valence-corrected chi connectivity index (χ1v) is 6.73. The summed E-state index contributed by atoms with van der Waals surface area (Å²) in [6.45, 7) is 2.35. The number of nitrogens with two attached hydrogens (primary N) is 1. The van der Waals surface area contributed by atoms with E-state index in [1.165, 1.54) is 18.2 Å². The van der Waals surface area contributed by atoms with Crippen molar-refractivity contribution in [3.05, 3.63) is 50.9 Å². The van der Waals surface area contributed by atoms with Crippen LogP contribution in [0.4, 0.5) is 4.39 Å². The molecular formula is C13H13ClFNOS. The van der Waals surface area contributed by atoms with Gasteiger partial charge in [0.05, 0.1) is 5.02 Å². The number of ether oxygens (including phenoxy) is 1. The molecule has 2 rings (SSSR count). The summed E-state index contributed by atoms with van der Waals surface area (Å²) in [5.74, 6) is 0.0604. The Morgan fingerprint density at radius 3 is 2.78 bits per heavy atom. The zero-order valence-electron chi connectivity index (χ0n) is 9.82. The third kappa shape index (κ3) is 2.83. The van der Waals surface area contributed by atoms with Crippen molar-refractivity contribution in [3.8, 4) is 5.75 Å². The number of thiophene rings is 1. The highest BCUT2D eigenvalue weighted by atomic mass is 35.5. The summed E-state index contributed by atoms with van der Waals surface area (Å²) >= 11 is 7.52. The Hall–Kier alpha value is -1.10. The van der Waals surface area contributed by atoms with Crippen molar-refractivity contribution in [2.45, 2.75) is 13.0 Å². The summed E-state index contributed by atoms with van der Waals surface area (Å²) in [6, 6.07) is 6.07. The summed E-state index contributed by atoms with van der Waals surface area (Å²) in [5, 5.41) is 2.24. The molecule has 0 bridgehead atoms. The third-order valence-corrected chi connectivity index (χ3v) is 3.98. The van der Waals surface area contributed by atoms with Crippen LogP contribution in [0.25, 0.3) is 0 Å². The van der Waals surface area contributed by atoms with E-state index < -0.39 is 0 Å². The van der Waals surface area contributed by atoms with Gasteiger partial charge in [-0.2, -0.15) is 0 Å². The fourth-order valence-corrected chi connectivity index (χ4v) is 2.83. The second kappa shape index (κ2) is 5.69. The molecule has 0 radical (unpaired) electrons. The summed E-state index contributed by atoms with van der Waals surface area (Å²) in [4.78, 5) is 1.07. The van der Waals surface area contributed by atoms with Gasteiger partial charge >= 0.3 is 0 Å². The van der Waals surface area contributed by atoms with Gasteiger partial charge in [-0.15, -0.1) is 11.3 Å². The van der Waals surface area contributed by atoms with Crippen molar-refractivity contribution in [3.63, 3.8) is 0 Å². The van der Waals surface area contributed by atoms with E-state index in [2.05, 4.69) is 0 Å². The topological polar surface area (TPSA) is 35.2 Å². The van der Waals surface area contributed by atoms with E-state index in [9.17, 15) is 4.39 Å². The molecule has 18 heavy (non-hydrogen) atoms. The zero-order valence-corrected chi connectivity index (χ0v) is 11.4. The lowest BCUT2D eigenvalue weighted by Gasteiger charge is -2.18. The summed E-state index contributed by atoms with van der Waals surface area (Å²) in [6.07, 6.45) is -0.257. The van der Waals surface area contributed by atoms with Gasteiger partial charge in [0, 0.05) is 11.4 Å². The van der Waals surface area contributed by atoms with Crippen LogP contribution in [0.5, 0.6) is 5.75 Å². The molecule has 1 aromatic carbocycles. The summed E-state index contributed by atoms with van der Waals surface area (Å²) < 4.78 is 18.7. The predicted octanol–water partition coefficient (Wildman–Crippen LogP) is 3.93. The third-order valence-electron chi connectivity index (χ3n) is 2.57. The van der Waals surface area contributed by atoms with E-state index in [4.69, 9.17) is 22.1 Å². The minimum Gasteiger partial charge on any atom is -0.482 e. The number of rotatable bonds is 4. The van der Waals surface area contributed by atoms with Gasteiger partial charge in [-0.25, -0.2) is 4.39 Å². The first-order valence-electron chi connectivity index (χ1n) is 5.47. The fourth-order valence-electron chi connectivity index (χ4n) is 1.65. The first-order chi connectivity index (χ1) is 8.61. The maximum absolute atomic E-state index is 12.9. The van der Waals surface area contributed by atoms with Crippen LogP contribution >= 0.6 is 22.9 Å². The molecule has 2 aromatic rings. The molecule has 0 aliphatic heterocycles. The van der Waals surface area contributed by atoms with Crippen molar-refractivity contribution < 1.29 is 9.13 Å². The van der Waals surface area contributed by atoms with Gasteiger partial charge in [0.2, 0.25) is 0 Å². The Morgan fingerprint density at radius 1 is 1.44 bits per heavy atom. The van der Waals surface area contributed by atoms with Gasteiger partial charge in [0.25, 0.3) is 0 Å². The first kappa shape index (κ1) is 13.3. The molecule has 0 aliphatic carbocycles. The lowest BCUT2D eigenvalue weighted by atomic mass is 10.2. The molecule has 0 amide bonds. The molecule has 1 unspecified atom stereocenters. The van der Waals surface area contributed by atoms with Crippen LogP contribution < -0.4 is 10.5 Å². The Balaban J connectivity index is 2.23. The van der Waals surface area contributed by atoms with Crippen molar-refractivity contribution >= 4 is 22.9 Å². The standard InChI is InChI=1S/C13H13ClFNOS/c1-8-4-5-18-13(8)12(7-16)17-11-3-2-9(15)6-10(11)14/h2-6,12H,7,16H2,1H3. The van der Waals surface area contributed by atoms with Gasteiger partial charge in [-0.1, -0.05) is 11.6 Å². The average Bonchev–Trinajstić information content (AvgIpc) is 2.75. The molecule has 2 nitrogen and oxygen atoms in total. The molecular weight excluding hydrogens is 273 g/mol. The van der Waals surface area contributed by atoms with Gasteiger partial charge in [0.1, 0.15) is 17.7 Å². The van der Waals surface area contributed by atoms with Crippen molar-refractivity contribution in [1.82, 2.24) is 0 Å². The zero-order chi connectivity index (χ0) is 13.1. The SMILES string of the molecule is Cc1ccsc1C(CN)Oc1ccc(F)cc1Cl. The smallest absolute Gasteiger partial charge is 0.145 e. The molecule has 1 aromatic heterocycles. The van der Waals surface area contributed by atoms with Crippen LogP contribution in [0.1, 0.15) is 16.5 Å². The van der Waals surface area contributed by atoms with E-state index in [0.717, 1.165) is 10.4 Å². The maximum atomic E-state index is 12.9. The van der Waals surface area contributed by atoms with Crippen LogP contribution in [-0.2, 0) is 0 Å². The Kier molecular flexibility index (Phi) is 4.22. The van der Waals surface area contributed by atoms with Gasteiger partial charge < -0.3 is 10.5 Å². The monoisotopic (exact) mass is 285 g/mol. The Bertz CT molecular complexity index is 544. The minimum absolute atomic E-state index is 0.252. The number of aryl methyl sites for hydroxylation is 1. The number of hydrogen-bond acceptors (Lipinski definition) is 3. The van der Waals surface area contributed by atoms with Gasteiger partial charge in [-0.3, -0.25) is 0 Å². The Morgan fingerprint density at radius 2 is 2.22 bits per heavy atom.